The first-order valence-electron chi connectivity index (χ1n) is 13.3. The molecule has 2 atom stereocenters. The molecule has 228 valence electrons. The highest BCUT2D eigenvalue weighted by atomic mass is 35.5. The largest absolute Gasteiger partial charge is 0.408 e. The van der Waals surface area contributed by atoms with Crippen molar-refractivity contribution in [2.24, 2.45) is 16.3 Å². The van der Waals surface area contributed by atoms with Gasteiger partial charge in [-0.15, -0.1) is 12.4 Å². The van der Waals surface area contributed by atoms with E-state index in [0.717, 1.165) is 11.1 Å². The Bertz CT molecular complexity index is 1290. The molecule has 1 fully saturated rings. The van der Waals surface area contributed by atoms with Crippen LogP contribution >= 0.6 is 12.4 Å². The van der Waals surface area contributed by atoms with Crippen molar-refractivity contribution in [3.8, 4) is 0 Å². The Kier molecular flexibility index (Phi) is 10.4. The maximum absolute atomic E-state index is 13.8. The molecule has 9 nitrogen and oxygen atoms in total. The van der Waals surface area contributed by atoms with E-state index < -0.39 is 47.4 Å². The maximum Gasteiger partial charge on any atom is 0.408 e. The van der Waals surface area contributed by atoms with Crippen molar-refractivity contribution in [3.63, 3.8) is 0 Å². The Morgan fingerprint density at radius 1 is 1.07 bits per heavy atom. The van der Waals surface area contributed by atoms with E-state index in [1.807, 2.05) is 30.3 Å². The summed E-state index contributed by atoms with van der Waals surface area (Å²) in [6, 6.07) is 17.0. The van der Waals surface area contributed by atoms with Gasteiger partial charge < -0.3 is 20.7 Å². The minimum absolute atomic E-state index is 0. The lowest BCUT2D eigenvalue weighted by molar-refractivity contribution is -0.164. The van der Waals surface area contributed by atoms with Crippen molar-refractivity contribution >= 4 is 35.8 Å². The molecule has 0 aliphatic carbocycles. The predicted molar refractivity (Wildman–Crippen MR) is 153 cm³/mol. The second kappa shape index (κ2) is 13.2. The minimum atomic E-state index is -4.64. The lowest BCUT2D eigenvalue weighted by atomic mass is 9.73. The lowest BCUT2D eigenvalue weighted by Gasteiger charge is -2.41. The fourth-order valence-electron chi connectivity index (χ4n) is 5.00. The van der Waals surface area contributed by atoms with Gasteiger partial charge in [-0.1, -0.05) is 60.7 Å². The van der Waals surface area contributed by atoms with Crippen LogP contribution in [0.3, 0.4) is 0 Å². The van der Waals surface area contributed by atoms with Crippen molar-refractivity contribution < 1.29 is 32.3 Å². The second-order valence-corrected chi connectivity index (χ2v) is 11.0. The van der Waals surface area contributed by atoms with E-state index in [4.69, 9.17) is 10.5 Å². The number of nitrogens with zero attached hydrogens (tertiary/aromatic N) is 3. The number of halogens is 4. The van der Waals surface area contributed by atoms with Crippen LogP contribution in [0.25, 0.3) is 0 Å². The molecule has 0 bridgehead atoms. The average Bonchev–Trinajstić information content (AvgIpc) is 3.17. The summed E-state index contributed by atoms with van der Waals surface area (Å²) in [7, 11) is 0. The van der Waals surface area contributed by atoms with E-state index in [2.05, 4.69) is 10.4 Å². The Labute approximate surface area is 248 Å². The van der Waals surface area contributed by atoms with Gasteiger partial charge in [0, 0.05) is 19.5 Å². The van der Waals surface area contributed by atoms with Gasteiger partial charge in [-0.3, -0.25) is 14.4 Å². The van der Waals surface area contributed by atoms with Gasteiger partial charge in [-0.2, -0.15) is 18.3 Å². The standard InChI is InChI=1S/C29H34F3N5O4.ClH/c1-27(2,33)25(39)34-22(17-41-16-21-11-7-4-8-12-21)24(38)36-14-13-23-28(18-36,15-20-9-5-3-6-10-20)26(40)37(35-23)19-29(30,31)32;/h3-12,22H,13-19,33H2,1-2H3,(H,34,39);1H/t22-,28-;/m1./s1. The SMILES string of the molecule is CC(C)(N)C(=O)N[C@H](COCc1ccccc1)C(=O)N1CCC2=NN(CC(F)(F)F)C(=O)[C@]2(Cc2ccccc2)C1.Cl. The van der Waals surface area contributed by atoms with Crippen LogP contribution < -0.4 is 11.1 Å². The molecule has 2 aliphatic rings. The summed E-state index contributed by atoms with van der Waals surface area (Å²) in [6.07, 6.45) is -4.47. The number of nitrogens with one attached hydrogen (secondary N) is 1. The quantitative estimate of drug-likeness (QED) is 0.429. The number of amides is 3. The number of hydrazone groups is 1. The van der Waals surface area contributed by atoms with Crippen LogP contribution in [0.2, 0.25) is 0 Å². The van der Waals surface area contributed by atoms with Crippen molar-refractivity contribution in [2.75, 3.05) is 26.2 Å². The number of hydrogen-bond acceptors (Lipinski definition) is 6. The molecule has 0 aromatic heterocycles. The zero-order chi connectivity index (χ0) is 29.8. The van der Waals surface area contributed by atoms with Crippen LogP contribution in [0, 0.1) is 5.41 Å². The molecule has 0 radical (unpaired) electrons. The molecule has 42 heavy (non-hydrogen) atoms. The van der Waals surface area contributed by atoms with E-state index in [1.165, 1.54) is 18.7 Å². The molecule has 0 saturated carbocycles. The number of piperidine rings is 1. The molecule has 4 rings (SSSR count). The van der Waals surface area contributed by atoms with E-state index in [0.29, 0.717) is 10.7 Å². The number of alkyl halides is 3. The van der Waals surface area contributed by atoms with E-state index >= 15 is 0 Å². The summed E-state index contributed by atoms with van der Waals surface area (Å²) >= 11 is 0. The molecule has 0 unspecified atom stereocenters. The third-order valence-corrected chi connectivity index (χ3v) is 7.09. The normalized spacial score (nSPS) is 19.5. The first kappa shape index (κ1) is 33.0. The highest BCUT2D eigenvalue weighted by Gasteiger charge is 2.56. The number of rotatable bonds is 10. The summed E-state index contributed by atoms with van der Waals surface area (Å²) in [5, 5.41) is 7.20. The van der Waals surface area contributed by atoms with Crippen LogP contribution in [-0.4, -0.2) is 77.3 Å². The first-order chi connectivity index (χ1) is 19.3. The number of benzene rings is 2. The number of ether oxygens (including phenoxy) is 1. The summed E-state index contributed by atoms with van der Waals surface area (Å²) in [4.78, 5) is 41.6. The van der Waals surface area contributed by atoms with Crippen LogP contribution in [0.15, 0.2) is 65.8 Å². The van der Waals surface area contributed by atoms with Gasteiger partial charge >= 0.3 is 6.18 Å². The van der Waals surface area contributed by atoms with Crippen LogP contribution in [-0.2, 0) is 32.1 Å². The first-order valence-corrected chi connectivity index (χ1v) is 13.3. The summed E-state index contributed by atoms with van der Waals surface area (Å²) in [5.74, 6) is -1.91. The number of hydrogen-bond donors (Lipinski definition) is 2. The molecule has 2 heterocycles. The molecule has 1 saturated heterocycles. The van der Waals surface area contributed by atoms with E-state index in [1.54, 1.807) is 30.3 Å². The van der Waals surface area contributed by atoms with Gasteiger partial charge in [0.05, 0.1) is 24.5 Å². The summed E-state index contributed by atoms with van der Waals surface area (Å²) in [5.41, 5.74) is 5.10. The molecule has 2 aromatic rings. The third kappa shape index (κ3) is 7.87. The molecule has 13 heteroatoms. The molecule has 0 spiro atoms. The Morgan fingerprint density at radius 3 is 2.24 bits per heavy atom. The van der Waals surface area contributed by atoms with E-state index in [-0.39, 0.29) is 51.6 Å². The molecule has 3 N–H and O–H groups in total. The average molecular weight is 610 g/mol. The number of likely N-dealkylation sites (tertiary alicyclic amines) is 1. The van der Waals surface area contributed by atoms with Gasteiger partial charge in [0.15, 0.2) is 0 Å². The summed E-state index contributed by atoms with van der Waals surface area (Å²) < 4.78 is 45.6. The molecule has 3 amide bonds. The highest BCUT2D eigenvalue weighted by molar-refractivity contribution is 6.14. The number of fused-ring (bicyclic) bond motifs is 1. The molecular formula is C29H35ClF3N5O4. The Morgan fingerprint density at radius 2 is 1.67 bits per heavy atom. The second-order valence-electron chi connectivity index (χ2n) is 11.0. The van der Waals surface area contributed by atoms with Gasteiger partial charge in [0.1, 0.15) is 18.0 Å². The van der Waals surface area contributed by atoms with E-state index in [9.17, 15) is 27.6 Å². The number of carbonyl (C=O) groups is 3. The number of carbonyl (C=O) groups excluding carboxylic acids is 3. The van der Waals surface area contributed by atoms with Crippen molar-refractivity contribution in [3.05, 3.63) is 71.8 Å². The van der Waals surface area contributed by atoms with Gasteiger partial charge in [0.25, 0.3) is 5.91 Å². The maximum atomic E-state index is 13.8. The molecule has 2 aliphatic heterocycles. The summed E-state index contributed by atoms with van der Waals surface area (Å²) in [6.45, 7) is 1.41. The zero-order valence-corrected chi connectivity index (χ0v) is 24.2. The van der Waals surface area contributed by atoms with Crippen LogP contribution in [0.1, 0.15) is 31.4 Å². The van der Waals surface area contributed by atoms with Gasteiger partial charge in [-0.25, -0.2) is 5.01 Å². The van der Waals surface area contributed by atoms with Crippen molar-refractivity contribution in [1.29, 1.82) is 0 Å². The topological polar surface area (TPSA) is 117 Å². The van der Waals surface area contributed by atoms with Crippen molar-refractivity contribution in [1.82, 2.24) is 15.2 Å². The zero-order valence-electron chi connectivity index (χ0n) is 23.4. The van der Waals surface area contributed by atoms with Crippen LogP contribution in [0.5, 0.6) is 0 Å². The fraction of sp³-hybridized carbons (Fsp3) is 0.448. The predicted octanol–water partition coefficient (Wildman–Crippen LogP) is 3.07. The Hall–Kier alpha value is -3.48. The number of nitrogens with two attached hydrogens (primary N) is 1. The van der Waals surface area contributed by atoms with Gasteiger partial charge in [-0.05, 0) is 31.4 Å². The highest BCUT2D eigenvalue weighted by Crippen LogP contribution is 2.39. The third-order valence-electron chi connectivity index (χ3n) is 7.09. The van der Waals surface area contributed by atoms with Crippen molar-refractivity contribution in [2.45, 2.75) is 51.1 Å². The lowest BCUT2D eigenvalue weighted by Crippen LogP contribution is -2.61. The fourth-order valence-corrected chi connectivity index (χ4v) is 5.00. The monoisotopic (exact) mass is 609 g/mol. The molecule has 2 aromatic carbocycles. The minimum Gasteiger partial charge on any atom is -0.374 e. The van der Waals surface area contributed by atoms with Gasteiger partial charge in [0.2, 0.25) is 11.8 Å². The molecular weight excluding hydrogens is 575 g/mol. The Balaban J connectivity index is 0.00000484. The smallest absolute Gasteiger partial charge is 0.374 e. The van der Waals surface area contributed by atoms with Crippen LogP contribution in [0.4, 0.5) is 13.2 Å².